The molecule has 35 heavy (non-hydrogen) atoms. The molecule has 0 saturated heterocycles. The summed E-state index contributed by atoms with van der Waals surface area (Å²) in [5.74, 6) is -0.153. The van der Waals surface area contributed by atoms with Gasteiger partial charge in [-0.3, -0.25) is 4.79 Å². The van der Waals surface area contributed by atoms with Crippen molar-refractivity contribution in [1.29, 1.82) is 0 Å². The molecule has 1 aliphatic rings. The molecular formula is C29H36O6. The minimum absolute atomic E-state index is 0.00161. The summed E-state index contributed by atoms with van der Waals surface area (Å²) in [5.41, 5.74) is 2.24. The van der Waals surface area contributed by atoms with Crippen molar-refractivity contribution in [3.63, 3.8) is 0 Å². The van der Waals surface area contributed by atoms with Crippen LogP contribution < -0.4 is 9.47 Å². The van der Waals surface area contributed by atoms with Crippen LogP contribution in [0.2, 0.25) is 0 Å². The molecule has 0 aliphatic carbocycles. The topological polar surface area (TPSA) is 96.2 Å². The lowest BCUT2D eigenvalue weighted by atomic mass is 9.82. The Balaban J connectivity index is 2.25. The zero-order valence-electron chi connectivity index (χ0n) is 21.3. The van der Waals surface area contributed by atoms with Gasteiger partial charge < -0.3 is 24.8 Å². The molecule has 1 aliphatic heterocycles. The Morgan fingerprint density at radius 1 is 1.26 bits per heavy atom. The van der Waals surface area contributed by atoms with Gasteiger partial charge in [0, 0.05) is 23.1 Å². The Kier molecular flexibility index (Phi) is 7.65. The zero-order valence-corrected chi connectivity index (χ0v) is 21.3. The van der Waals surface area contributed by atoms with Crippen molar-refractivity contribution < 1.29 is 29.6 Å². The van der Waals surface area contributed by atoms with Gasteiger partial charge in [0.25, 0.3) is 0 Å². The third-order valence-electron chi connectivity index (χ3n) is 6.74. The monoisotopic (exact) mass is 480 g/mol. The molecule has 0 spiro atoms. The number of ether oxygens (including phenoxy) is 2. The van der Waals surface area contributed by atoms with E-state index < -0.39 is 17.5 Å². The Labute approximate surface area is 207 Å². The van der Waals surface area contributed by atoms with Gasteiger partial charge in [-0.1, -0.05) is 29.9 Å². The molecule has 2 aromatic rings. The van der Waals surface area contributed by atoms with E-state index in [1.165, 1.54) is 19.2 Å². The SMILES string of the molecule is C=C(C)CC[C@@H](Cc1c(O)c(C(=O)c2cccc(O)c2)c2c(c1OC)C[C@H](O)C(C)(C)O2)C(=C)C. The van der Waals surface area contributed by atoms with Crippen LogP contribution in [-0.2, 0) is 12.8 Å². The van der Waals surface area contributed by atoms with Gasteiger partial charge in [0.2, 0.25) is 5.78 Å². The number of phenolic OH excluding ortho intramolecular Hbond substituents is 2. The summed E-state index contributed by atoms with van der Waals surface area (Å²) in [6, 6.07) is 5.97. The predicted molar refractivity (Wildman–Crippen MR) is 137 cm³/mol. The molecule has 2 aromatic carbocycles. The smallest absolute Gasteiger partial charge is 0.200 e. The van der Waals surface area contributed by atoms with Crippen molar-refractivity contribution >= 4 is 5.78 Å². The number of aliphatic hydroxyl groups is 1. The summed E-state index contributed by atoms with van der Waals surface area (Å²) in [5, 5.41) is 32.3. The van der Waals surface area contributed by atoms with Crippen LogP contribution in [0.5, 0.6) is 23.0 Å². The van der Waals surface area contributed by atoms with Crippen LogP contribution in [0.3, 0.4) is 0 Å². The number of methoxy groups -OCH3 is 1. The Morgan fingerprint density at radius 3 is 2.51 bits per heavy atom. The van der Waals surface area contributed by atoms with Gasteiger partial charge in [-0.2, -0.15) is 0 Å². The van der Waals surface area contributed by atoms with E-state index in [9.17, 15) is 20.1 Å². The Bertz CT molecular complexity index is 1160. The minimum Gasteiger partial charge on any atom is -0.508 e. The summed E-state index contributed by atoms with van der Waals surface area (Å²) < 4.78 is 11.9. The summed E-state index contributed by atoms with van der Waals surface area (Å²) in [4.78, 5) is 13.7. The first-order chi connectivity index (χ1) is 16.4. The second kappa shape index (κ2) is 10.2. The molecule has 0 saturated carbocycles. The number of hydrogen-bond donors (Lipinski definition) is 3. The molecule has 188 valence electrons. The number of hydrogen-bond acceptors (Lipinski definition) is 6. The normalized spacial score (nSPS) is 17.1. The van der Waals surface area contributed by atoms with E-state index in [1.54, 1.807) is 26.0 Å². The highest BCUT2D eigenvalue weighted by atomic mass is 16.5. The van der Waals surface area contributed by atoms with Crippen LogP contribution in [0, 0.1) is 5.92 Å². The second-order valence-electron chi connectivity index (χ2n) is 10.1. The number of rotatable bonds is 9. The number of carbonyl (C=O) groups is 1. The van der Waals surface area contributed by atoms with Crippen molar-refractivity contribution in [2.24, 2.45) is 5.92 Å². The molecule has 0 bridgehead atoms. The first kappa shape index (κ1) is 26.4. The molecular weight excluding hydrogens is 444 g/mol. The predicted octanol–water partition coefficient (Wildman–Crippen LogP) is 5.50. The molecule has 6 nitrogen and oxygen atoms in total. The fraction of sp³-hybridized carbons (Fsp3) is 0.414. The van der Waals surface area contributed by atoms with Crippen molar-refractivity contribution in [3.8, 4) is 23.0 Å². The maximum Gasteiger partial charge on any atom is 0.200 e. The standard InChI is InChI=1S/C29H36O6/c1-16(2)11-12-18(17(3)4)14-21-26(33)24(25(32)19-9-8-10-20(30)13-19)28-22(27(21)34-7)15-23(31)29(5,6)35-28/h8-10,13,18,23,30-31,33H,1,3,11-12,14-15H2,2,4-7H3/t18-,23-/m0/s1. The lowest BCUT2D eigenvalue weighted by Gasteiger charge is -2.39. The second-order valence-corrected chi connectivity index (χ2v) is 10.1. The average Bonchev–Trinajstić information content (AvgIpc) is 2.77. The highest BCUT2D eigenvalue weighted by Crippen LogP contribution is 2.50. The van der Waals surface area contributed by atoms with Gasteiger partial charge in [0.05, 0.1) is 13.2 Å². The van der Waals surface area contributed by atoms with Gasteiger partial charge in [-0.15, -0.1) is 6.58 Å². The summed E-state index contributed by atoms with van der Waals surface area (Å²) >= 11 is 0. The minimum atomic E-state index is -0.985. The highest BCUT2D eigenvalue weighted by Gasteiger charge is 2.42. The Hall–Kier alpha value is -3.25. The lowest BCUT2D eigenvalue weighted by molar-refractivity contribution is -0.0422. The maximum atomic E-state index is 13.7. The third-order valence-corrected chi connectivity index (χ3v) is 6.74. The summed E-state index contributed by atoms with van der Waals surface area (Å²) in [7, 11) is 1.51. The molecule has 0 radical (unpaired) electrons. The van der Waals surface area contributed by atoms with Gasteiger partial charge in [-0.05, 0) is 65.0 Å². The molecule has 1 heterocycles. The van der Waals surface area contributed by atoms with Crippen LogP contribution in [-0.4, -0.2) is 39.9 Å². The number of ketones is 1. The van der Waals surface area contributed by atoms with Crippen molar-refractivity contribution in [3.05, 3.63) is 70.8 Å². The van der Waals surface area contributed by atoms with E-state index in [4.69, 9.17) is 9.47 Å². The van der Waals surface area contributed by atoms with Crippen LogP contribution in [0.25, 0.3) is 0 Å². The number of fused-ring (bicyclic) bond motifs is 1. The first-order valence-electron chi connectivity index (χ1n) is 11.8. The zero-order chi connectivity index (χ0) is 26.1. The van der Waals surface area contributed by atoms with E-state index in [-0.39, 0.29) is 40.7 Å². The van der Waals surface area contributed by atoms with Crippen LogP contribution >= 0.6 is 0 Å². The van der Waals surface area contributed by atoms with Gasteiger partial charge >= 0.3 is 0 Å². The fourth-order valence-electron chi connectivity index (χ4n) is 4.50. The number of phenols is 2. The summed E-state index contributed by atoms with van der Waals surface area (Å²) in [6.45, 7) is 15.5. The first-order valence-corrected chi connectivity index (χ1v) is 11.8. The molecule has 2 atom stereocenters. The maximum absolute atomic E-state index is 13.7. The quantitative estimate of drug-likeness (QED) is 0.324. The van der Waals surface area contributed by atoms with Crippen molar-refractivity contribution in [2.45, 2.75) is 65.1 Å². The number of benzene rings is 2. The Morgan fingerprint density at radius 2 is 1.94 bits per heavy atom. The van der Waals surface area contributed by atoms with E-state index in [1.807, 2.05) is 13.8 Å². The van der Waals surface area contributed by atoms with Crippen LogP contribution in [0.1, 0.15) is 67.6 Å². The van der Waals surface area contributed by atoms with E-state index in [0.29, 0.717) is 23.3 Å². The van der Waals surface area contributed by atoms with E-state index >= 15 is 0 Å². The number of allylic oxidation sites excluding steroid dienone is 2. The molecule has 0 aromatic heterocycles. The molecule has 3 N–H and O–H groups in total. The van der Waals surface area contributed by atoms with Crippen LogP contribution in [0.4, 0.5) is 0 Å². The number of aromatic hydroxyl groups is 2. The van der Waals surface area contributed by atoms with Crippen molar-refractivity contribution in [1.82, 2.24) is 0 Å². The number of aliphatic hydroxyl groups excluding tert-OH is 1. The third kappa shape index (κ3) is 5.38. The lowest BCUT2D eigenvalue weighted by Crippen LogP contribution is -2.47. The molecule has 0 amide bonds. The fourth-order valence-corrected chi connectivity index (χ4v) is 4.50. The molecule has 0 fully saturated rings. The average molecular weight is 481 g/mol. The van der Waals surface area contributed by atoms with Gasteiger partial charge in [0.1, 0.15) is 34.2 Å². The van der Waals surface area contributed by atoms with Gasteiger partial charge in [0.15, 0.2) is 0 Å². The number of carbonyl (C=O) groups excluding carboxylic acids is 1. The van der Waals surface area contributed by atoms with Gasteiger partial charge in [-0.25, -0.2) is 0 Å². The van der Waals surface area contributed by atoms with Crippen molar-refractivity contribution in [2.75, 3.05) is 7.11 Å². The van der Waals surface area contributed by atoms with Crippen LogP contribution in [0.15, 0.2) is 48.6 Å². The molecule has 0 unspecified atom stereocenters. The highest BCUT2D eigenvalue weighted by molar-refractivity contribution is 6.13. The van der Waals surface area contributed by atoms with E-state index in [2.05, 4.69) is 13.2 Å². The van der Waals surface area contributed by atoms with E-state index in [0.717, 1.165) is 24.0 Å². The summed E-state index contributed by atoms with van der Waals surface area (Å²) in [6.07, 6.45) is 1.33. The molecule has 6 heteroatoms. The molecule has 3 rings (SSSR count). The largest absolute Gasteiger partial charge is 0.508 e.